The van der Waals surface area contributed by atoms with E-state index in [0.717, 1.165) is 6.92 Å². The van der Waals surface area contributed by atoms with Crippen LogP contribution in [0.3, 0.4) is 0 Å². The van der Waals surface area contributed by atoms with E-state index in [1.54, 1.807) is 13.8 Å². The SMILES string of the molecule is CC1CN(c2cc(=O)n3c(n2)N(CC(=O)C(C)C)[C@H](C(C)(F)F)CC3)CCO1. The van der Waals surface area contributed by atoms with E-state index in [1.165, 1.54) is 15.5 Å². The summed E-state index contributed by atoms with van der Waals surface area (Å²) in [5, 5.41) is 0. The van der Waals surface area contributed by atoms with Crippen LogP contribution >= 0.6 is 0 Å². The Bertz CT molecular complexity index is 790. The summed E-state index contributed by atoms with van der Waals surface area (Å²) in [6, 6.07) is 0.259. The highest BCUT2D eigenvalue weighted by Crippen LogP contribution is 2.33. The van der Waals surface area contributed by atoms with Crippen molar-refractivity contribution in [1.29, 1.82) is 0 Å². The lowest BCUT2D eigenvalue weighted by atomic mass is 10.0. The summed E-state index contributed by atoms with van der Waals surface area (Å²) in [6.45, 7) is 7.85. The fraction of sp³-hybridized carbons (Fsp3) is 0.737. The van der Waals surface area contributed by atoms with E-state index in [1.807, 2.05) is 11.8 Å². The molecule has 2 aliphatic rings. The molecule has 2 atom stereocenters. The van der Waals surface area contributed by atoms with Crippen LogP contribution in [-0.4, -0.2) is 59.6 Å². The first-order valence-corrected chi connectivity index (χ1v) is 9.73. The maximum absolute atomic E-state index is 14.3. The van der Waals surface area contributed by atoms with Crippen molar-refractivity contribution in [2.45, 2.75) is 58.7 Å². The van der Waals surface area contributed by atoms with Gasteiger partial charge in [0.1, 0.15) is 5.82 Å². The number of ether oxygens (including phenoxy) is 1. The molecule has 1 aromatic rings. The number of nitrogens with zero attached hydrogens (tertiary/aromatic N) is 4. The maximum Gasteiger partial charge on any atom is 0.265 e. The molecular weight excluding hydrogens is 370 g/mol. The Morgan fingerprint density at radius 2 is 2.11 bits per heavy atom. The summed E-state index contributed by atoms with van der Waals surface area (Å²) in [4.78, 5) is 32.9. The summed E-state index contributed by atoms with van der Waals surface area (Å²) < 4.78 is 35.6. The van der Waals surface area contributed by atoms with Gasteiger partial charge in [-0.05, 0) is 13.3 Å². The molecule has 0 bridgehead atoms. The number of morpholine rings is 1. The minimum atomic E-state index is -3.02. The van der Waals surface area contributed by atoms with Gasteiger partial charge in [0.15, 0.2) is 5.78 Å². The Kier molecular flexibility index (Phi) is 5.74. The number of rotatable bonds is 5. The molecule has 2 aliphatic heterocycles. The van der Waals surface area contributed by atoms with Crippen LogP contribution in [0, 0.1) is 5.92 Å². The zero-order valence-electron chi connectivity index (χ0n) is 16.8. The number of ketones is 1. The Hall–Kier alpha value is -2.03. The van der Waals surface area contributed by atoms with Crippen LogP contribution in [0.15, 0.2) is 10.9 Å². The average Bonchev–Trinajstić information content (AvgIpc) is 2.60. The second kappa shape index (κ2) is 7.77. The smallest absolute Gasteiger partial charge is 0.265 e. The predicted octanol–water partition coefficient (Wildman–Crippen LogP) is 1.93. The van der Waals surface area contributed by atoms with Crippen molar-refractivity contribution in [1.82, 2.24) is 9.55 Å². The Labute approximate surface area is 163 Å². The number of carbonyl (C=O) groups is 1. The number of fused-ring (bicyclic) bond motifs is 1. The largest absolute Gasteiger partial charge is 0.375 e. The zero-order valence-corrected chi connectivity index (χ0v) is 16.8. The Morgan fingerprint density at radius 3 is 2.71 bits per heavy atom. The highest BCUT2D eigenvalue weighted by atomic mass is 19.3. The number of anilines is 2. The van der Waals surface area contributed by atoms with Gasteiger partial charge >= 0.3 is 0 Å². The van der Waals surface area contributed by atoms with Crippen LogP contribution in [-0.2, 0) is 16.1 Å². The van der Waals surface area contributed by atoms with Gasteiger partial charge in [-0.1, -0.05) is 13.8 Å². The van der Waals surface area contributed by atoms with Crippen molar-refractivity contribution in [2.75, 3.05) is 36.0 Å². The molecule has 0 saturated carbocycles. The third-order valence-corrected chi connectivity index (χ3v) is 5.35. The van der Waals surface area contributed by atoms with Crippen molar-refractivity contribution < 1.29 is 18.3 Å². The van der Waals surface area contributed by atoms with E-state index in [9.17, 15) is 18.4 Å². The van der Waals surface area contributed by atoms with Gasteiger partial charge in [-0.25, -0.2) is 8.78 Å². The molecule has 7 nitrogen and oxygen atoms in total. The van der Waals surface area contributed by atoms with E-state index < -0.39 is 12.0 Å². The summed E-state index contributed by atoms with van der Waals surface area (Å²) in [5.74, 6) is -2.90. The third kappa shape index (κ3) is 4.19. The molecule has 3 rings (SSSR count). The van der Waals surface area contributed by atoms with Crippen molar-refractivity contribution in [3.8, 4) is 0 Å². The first-order valence-electron chi connectivity index (χ1n) is 9.73. The molecule has 0 spiro atoms. The van der Waals surface area contributed by atoms with E-state index in [0.29, 0.717) is 25.5 Å². The molecule has 1 fully saturated rings. The van der Waals surface area contributed by atoms with Crippen LogP contribution < -0.4 is 15.4 Å². The topological polar surface area (TPSA) is 67.7 Å². The Balaban J connectivity index is 2.04. The number of alkyl halides is 2. The van der Waals surface area contributed by atoms with Gasteiger partial charge in [0.25, 0.3) is 11.5 Å². The maximum atomic E-state index is 14.3. The average molecular weight is 398 g/mol. The van der Waals surface area contributed by atoms with Crippen LogP contribution in [0.4, 0.5) is 20.5 Å². The van der Waals surface area contributed by atoms with E-state index in [2.05, 4.69) is 4.98 Å². The van der Waals surface area contributed by atoms with Gasteiger partial charge in [-0.15, -0.1) is 0 Å². The monoisotopic (exact) mass is 398 g/mol. The second-order valence-electron chi connectivity index (χ2n) is 8.04. The van der Waals surface area contributed by atoms with Gasteiger partial charge < -0.3 is 14.5 Å². The lowest BCUT2D eigenvalue weighted by molar-refractivity contribution is -0.121. The van der Waals surface area contributed by atoms with E-state index in [-0.39, 0.29) is 48.8 Å². The van der Waals surface area contributed by atoms with Crippen molar-refractivity contribution in [2.24, 2.45) is 5.92 Å². The molecule has 0 radical (unpaired) electrons. The molecule has 1 aromatic heterocycles. The number of carbonyl (C=O) groups excluding carboxylic acids is 1. The van der Waals surface area contributed by atoms with Gasteiger partial charge in [0.2, 0.25) is 5.95 Å². The molecule has 0 aromatic carbocycles. The molecule has 0 N–H and O–H groups in total. The molecule has 1 unspecified atom stereocenters. The molecule has 3 heterocycles. The normalized spacial score (nSPS) is 23.1. The highest BCUT2D eigenvalue weighted by Gasteiger charge is 2.43. The van der Waals surface area contributed by atoms with E-state index in [4.69, 9.17) is 4.74 Å². The lowest BCUT2D eigenvalue weighted by Gasteiger charge is -2.41. The predicted molar refractivity (Wildman–Crippen MR) is 102 cm³/mol. The van der Waals surface area contributed by atoms with Crippen LogP contribution in [0.25, 0.3) is 0 Å². The van der Waals surface area contributed by atoms with Gasteiger partial charge in [0, 0.05) is 38.5 Å². The van der Waals surface area contributed by atoms with Gasteiger partial charge in [0.05, 0.1) is 25.3 Å². The Morgan fingerprint density at radius 1 is 1.39 bits per heavy atom. The number of hydrogen-bond acceptors (Lipinski definition) is 6. The first kappa shape index (κ1) is 20.7. The van der Waals surface area contributed by atoms with Crippen LogP contribution in [0.2, 0.25) is 0 Å². The van der Waals surface area contributed by atoms with Gasteiger partial charge in [-0.3, -0.25) is 14.2 Å². The number of aromatic nitrogens is 2. The molecule has 9 heteroatoms. The molecule has 0 aliphatic carbocycles. The standard InChI is InChI=1S/C19H28F2N4O3/c1-12(2)14(26)11-25-15(19(4,20)21)5-6-24-17(27)9-16(22-18(24)25)23-7-8-28-13(3)10-23/h9,12-13,15H,5-8,10-11H2,1-4H3/t13?,15-/m0/s1. The number of halogens is 2. The minimum absolute atomic E-state index is 0.0133. The van der Waals surface area contributed by atoms with Crippen molar-refractivity contribution in [3.63, 3.8) is 0 Å². The fourth-order valence-corrected chi connectivity index (χ4v) is 3.71. The molecule has 0 amide bonds. The summed E-state index contributed by atoms with van der Waals surface area (Å²) >= 11 is 0. The number of hydrogen-bond donors (Lipinski definition) is 0. The quantitative estimate of drug-likeness (QED) is 0.755. The fourth-order valence-electron chi connectivity index (χ4n) is 3.71. The highest BCUT2D eigenvalue weighted by molar-refractivity contribution is 5.85. The molecular formula is C19H28F2N4O3. The molecule has 1 saturated heterocycles. The zero-order chi connectivity index (χ0) is 20.6. The summed E-state index contributed by atoms with van der Waals surface area (Å²) in [7, 11) is 0. The van der Waals surface area contributed by atoms with Crippen molar-refractivity contribution >= 4 is 17.5 Å². The van der Waals surface area contributed by atoms with Crippen molar-refractivity contribution in [3.05, 3.63) is 16.4 Å². The number of Topliss-reactive ketones (excluding diaryl/α,β-unsaturated/α-hetero) is 1. The molecule has 28 heavy (non-hydrogen) atoms. The van der Waals surface area contributed by atoms with Crippen LogP contribution in [0.5, 0.6) is 0 Å². The first-order chi connectivity index (χ1) is 13.1. The lowest BCUT2D eigenvalue weighted by Crippen LogP contribution is -2.55. The summed E-state index contributed by atoms with van der Waals surface area (Å²) in [6.07, 6.45) is 0.0675. The van der Waals surface area contributed by atoms with Crippen LogP contribution in [0.1, 0.15) is 34.1 Å². The second-order valence-corrected chi connectivity index (χ2v) is 8.04. The van der Waals surface area contributed by atoms with E-state index >= 15 is 0 Å². The third-order valence-electron chi connectivity index (χ3n) is 5.35. The minimum Gasteiger partial charge on any atom is -0.375 e. The van der Waals surface area contributed by atoms with Gasteiger partial charge in [-0.2, -0.15) is 4.98 Å². The summed E-state index contributed by atoms with van der Waals surface area (Å²) in [5.41, 5.74) is -0.293. The molecule has 156 valence electrons.